The summed E-state index contributed by atoms with van der Waals surface area (Å²) in [5.41, 5.74) is 2.59. The summed E-state index contributed by atoms with van der Waals surface area (Å²) >= 11 is 0. The Balaban J connectivity index is 2.27. The van der Waals surface area contributed by atoms with Gasteiger partial charge in [-0.3, -0.25) is 0 Å². The molecule has 0 saturated carbocycles. The first-order valence-electron chi connectivity index (χ1n) is 6.83. The van der Waals surface area contributed by atoms with Crippen molar-refractivity contribution in [3.8, 4) is 0 Å². The highest BCUT2D eigenvalue weighted by atomic mass is 16.3. The summed E-state index contributed by atoms with van der Waals surface area (Å²) in [5, 5.41) is 13.2. The zero-order chi connectivity index (χ0) is 13.4. The van der Waals surface area contributed by atoms with Gasteiger partial charge in [-0.15, -0.1) is 0 Å². The van der Waals surface area contributed by atoms with Crippen molar-refractivity contribution in [1.82, 2.24) is 10.2 Å². The molecule has 3 nitrogen and oxygen atoms in total. The van der Waals surface area contributed by atoms with Crippen LogP contribution in [0.15, 0.2) is 24.3 Å². The Hall–Kier alpha value is -0.900. The predicted octanol–water partition coefficient (Wildman–Crippen LogP) is 1.79. The smallest absolute Gasteiger partial charge is 0.0791 e. The molecule has 0 aromatic heterocycles. The molecule has 1 unspecified atom stereocenters. The summed E-state index contributed by atoms with van der Waals surface area (Å²) in [6.45, 7) is 10.6. The average Bonchev–Trinajstić information content (AvgIpc) is 2.38. The molecule has 0 aliphatic carbocycles. The molecule has 0 spiro atoms. The molecule has 0 bridgehead atoms. The van der Waals surface area contributed by atoms with Gasteiger partial charge in [0.25, 0.3) is 0 Å². The third-order valence-electron chi connectivity index (χ3n) is 3.32. The summed E-state index contributed by atoms with van der Waals surface area (Å²) in [6.07, 6.45) is -0.297. The molecule has 0 saturated heterocycles. The minimum atomic E-state index is -0.297. The van der Waals surface area contributed by atoms with Crippen LogP contribution < -0.4 is 5.32 Å². The van der Waals surface area contributed by atoms with Gasteiger partial charge in [-0.05, 0) is 31.1 Å². The van der Waals surface area contributed by atoms with Crippen LogP contribution in [0.5, 0.6) is 0 Å². The molecule has 0 aliphatic heterocycles. The summed E-state index contributed by atoms with van der Waals surface area (Å²) < 4.78 is 0. The Morgan fingerprint density at radius 1 is 1.22 bits per heavy atom. The number of aryl methyl sites for hydroxylation is 1. The second-order valence-corrected chi connectivity index (χ2v) is 4.70. The largest absolute Gasteiger partial charge is 0.390 e. The van der Waals surface area contributed by atoms with E-state index in [0.29, 0.717) is 6.54 Å². The van der Waals surface area contributed by atoms with Gasteiger partial charge in [0, 0.05) is 19.6 Å². The van der Waals surface area contributed by atoms with E-state index in [9.17, 15) is 5.11 Å². The van der Waals surface area contributed by atoms with Crippen LogP contribution in [0.4, 0.5) is 0 Å². The van der Waals surface area contributed by atoms with E-state index in [0.717, 1.165) is 26.2 Å². The Labute approximate surface area is 111 Å². The number of hydrogen-bond donors (Lipinski definition) is 2. The zero-order valence-electron chi connectivity index (χ0n) is 11.8. The van der Waals surface area contributed by atoms with Gasteiger partial charge in [0.05, 0.1) is 6.10 Å². The van der Waals surface area contributed by atoms with Gasteiger partial charge in [-0.25, -0.2) is 0 Å². The highest BCUT2D eigenvalue weighted by Crippen LogP contribution is 2.05. The summed E-state index contributed by atoms with van der Waals surface area (Å²) in [5.74, 6) is 0. The van der Waals surface area contributed by atoms with Gasteiger partial charge in [-0.1, -0.05) is 38.1 Å². The van der Waals surface area contributed by atoms with Crippen LogP contribution in [-0.4, -0.2) is 42.3 Å². The number of benzene rings is 1. The van der Waals surface area contributed by atoms with Gasteiger partial charge in [0.2, 0.25) is 0 Å². The number of nitrogens with one attached hydrogen (secondary N) is 1. The topological polar surface area (TPSA) is 35.5 Å². The van der Waals surface area contributed by atoms with Crippen molar-refractivity contribution >= 4 is 0 Å². The fourth-order valence-corrected chi connectivity index (χ4v) is 2.03. The Morgan fingerprint density at radius 2 is 1.89 bits per heavy atom. The molecular formula is C15H26N2O. The highest BCUT2D eigenvalue weighted by Gasteiger charge is 2.08. The molecular weight excluding hydrogens is 224 g/mol. The Morgan fingerprint density at radius 3 is 2.50 bits per heavy atom. The molecule has 0 amide bonds. The van der Waals surface area contributed by atoms with Gasteiger partial charge in [0.15, 0.2) is 0 Å². The molecule has 18 heavy (non-hydrogen) atoms. The van der Waals surface area contributed by atoms with Crippen molar-refractivity contribution in [3.05, 3.63) is 35.4 Å². The standard InChI is InChI=1S/C15H26N2O/c1-4-17(5-2)12-15(18)11-16-10-14-9-7-6-8-13(14)3/h6-9,15-16,18H,4-5,10-12H2,1-3H3. The fraction of sp³-hybridized carbons (Fsp3) is 0.600. The first kappa shape index (κ1) is 15.2. The van der Waals surface area contributed by atoms with Crippen molar-refractivity contribution < 1.29 is 5.11 Å². The number of likely N-dealkylation sites (N-methyl/N-ethyl adjacent to an activating group) is 1. The first-order valence-corrected chi connectivity index (χ1v) is 6.83. The van der Waals surface area contributed by atoms with Gasteiger partial charge < -0.3 is 15.3 Å². The summed E-state index contributed by atoms with van der Waals surface area (Å²) in [7, 11) is 0. The molecule has 1 aromatic carbocycles. The monoisotopic (exact) mass is 250 g/mol. The molecule has 0 heterocycles. The minimum absolute atomic E-state index is 0.297. The van der Waals surface area contributed by atoms with E-state index in [1.807, 2.05) is 6.07 Å². The maximum absolute atomic E-state index is 9.92. The van der Waals surface area contributed by atoms with Crippen LogP contribution in [0.2, 0.25) is 0 Å². The lowest BCUT2D eigenvalue weighted by atomic mass is 10.1. The average molecular weight is 250 g/mol. The summed E-state index contributed by atoms with van der Waals surface area (Å²) in [6, 6.07) is 8.34. The second-order valence-electron chi connectivity index (χ2n) is 4.70. The van der Waals surface area contributed by atoms with E-state index in [2.05, 4.69) is 49.2 Å². The highest BCUT2D eigenvalue weighted by molar-refractivity contribution is 5.25. The molecule has 2 N–H and O–H groups in total. The molecule has 0 radical (unpaired) electrons. The zero-order valence-corrected chi connectivity index (χ0v) is 11.8. The van der Waals surface area contributed by atoms with Crippen LogP contribution in [0.1, 0.15) is 25.0 Å². The van der Waals surface area contributed by atoms with Crippen LogP contribution in [0, 0.1) is 6.92 Å². The van der Waals surface area contributed by atoms with Crippen LogP contribution in [0.25, 0.3) is 0 Å². The number of aliphatic hydroxyl groups excluding tert-OH is 1. The molecule has 1 aromatic rings. The second kappa shape index (κ2) is 8.25. The van der Waals surface area contributed by atoms with Crippen molar-refractivity contribution in [2.45, 2.75) is 33.4 Å². The van der Waals surface area contributed by atoms with E-state index in [1.165, 1.54) is 11.1 Å². The number of nitrogens with zero attached hydrogens (tertiary/aromatic N) is 1. The maximum atomic E-state index is 9.92. The number of aliphatic hydroxyl groups is 1. The van der Waals surface area contributed by atoms with Crippen molar-refractivity contribution in [1.29, 1.82) is 0 Å². The van der Waals surface area contributed by atoms with Crippen molar-refractivity contribution in [3.63, 3.8) is 0 Å². The summed E-state index contributed by atoms with van der Waals surface area (Å²) in [4.78, 5) is 2.24. The molecule has 1 atom stereocenters. The van der Waals surface area contributed by atoms with Gasteiger partial charge in [-0.2, -0.15) is 0 Å². The van der Waals surface area contributed by atoms with E-state index in [1.54, 1.807) is 0 Å². The first-order chi connectivity index (χ1) is 8.67. The Bertz CT molecular complexity index is 337. The van der Waals surface area contributed by atoms with E-state index < -0.39 is 0 Å². The van der Waals surface area contributed by atoms with Crippen molar-refractivity contribution in [2.24, 2.45) is 0 Å². The quantitative estimate of drug-likeness (QED) is 0.738. The van der Waals surface area contributed by atoms with E-state index in [4.69, 9.17) is 0 Å². The number of rotatable bonds is 8. The minimum Gasteiger partial charge on any atom is -0.390 e. The van der Waals surface area contributed by atoms with E-state index in [-0.39, 0.29) is 6.10 Å². The number of hydrogen-bond acceptors (Lipinski definition) is 3. The third-order valence-corrected chi connectivity index (χ3v) is 3.32. The lowest BCUT2D eigenvalue weighted by Gasteiger charge is -2.22. The fourth-order valence-electron chi connectivity index (χ4n) is 2.03. The normalized spacial score (nSPS) is 12.9. The predicted molar refractivity (Wildman–Crippen MR) is 76.7 cm³/mol. The van der Waals surface area contributed by atoms with Crippen LogP contribution >= 0.6 is 0 Å². The van der Waals surface area contributed by atoms with Gasteiger partial charge in [0.1, 0.15) is 0 Å². The molecule has 3 heteroatoms. The van der Waals surface area contributed by atoms with Crippen LogP contribution in [-0.2, 0) is 6.54 Å². The lowest BCUT2D eigenvalue weighted by Crippen LogP contribution is -2.38. The van der Waals surface area contributed by atoms with Crippen molar-refractivity contribution in [2.75, 3.05) is 26.2 Å². The molecule has 0 aliphatic rings. The molecule has 0 fully saturated rings. The molecule has 1 rings (SSSR count). The van der Waals surface area contributed by atoms with Crippen LogP contribution in [0.3, 0.4) is 0 Å². The SMILES string of the molecule is CCN(CC)CC(O)CNCc1ccccc1C. The molecule has 102 valence electrons. The Kier molecular flexibility index (Phi) is 6.94. The lowest BCUT2D eigenvalue weighted by molar-refractivity contribution is 0.116. The third kappa shape index (κ3) is 5.17. The van der Waals surface area contributed by atoms with E-state index >= 15 is 0 Å². The maximum Gasteiger partial charge on any atom is 0.0791 e. The van der Waals surface area contributed by atoms with Gasteiger partial charge >= 0.3 is 0 Å².